The number of allylic oxidation sites excluding steroid dienone is 2. The molecule has 0 spiro atoms. The van der Waals surface area contributed by atoms with E-state index in [1.807, 2.05) is 25.2 Å². The van der Waals surface area contributed by atoms with Gasteiger partial charge in [-0.25, -0.2) is 4.39 Å². The lowest BCUT2D eigenvalue weighted by atomic mass is 9.91. The van der Waals surface area contributed by atoms with Gasteiger partial charge in [0, 0.05) is 44.4 Å². The summed E-state index contributed by atoms with van der Waals surface area (Å²) < 4.78 is 13.3. The Bertz CT molecular complexity index is 1260. The number of carbonyl (C=O) groups excluding carboxylic acids is 1. The van der Waals surface area contributed by atoms with Crippen LogP contribution in [0.4, 0.5) is 4.39 Å². The van der Waals surface area contributed by atoms with Crippen LogP contribution in [0.15, 0.2) is 83.7 Å². The van der Waals surface area contributed by atoms with Crippen molar-refractivity contribution < 1.29 is 19.4 Å². The summed E-state index contributed by atoms with van der Waals surface area (Å²) in [4.78, 5) is 21.4. The number of aliphatic hydroxyl groups is 1. The van der Waals surface area contributed by atoms with Gasteiger partial charge in [0.1, 0.15) is 23.6 Å². The third kappa shape index (κ3) is 4.63. The lowest BCUT2D eigenvalue weighted by Gasteiger charge is -2.52. The quantitative estimate of drug-likeness (QED) is 0.666. The predicted molar refractivity (Wildman–Crippen MR) is 140 cm³/mol. The smallest absolute Gasteiger partial charge is 0.256 e. The molecule has 3 unspecified atom stereocenters. The summed E-state index contributed by atoms with van der Waals surface area (Å²) in [5, 5.41) is 21.3. The molecule has 0 bridgehead atoms. The van der Waals surface area contributed by atoms with Crippen molar-refractivity contribution in [1.29, 1.82) is 0 Å². The molecular weight excluding hydrogens is 471 g/mol. The molecule has 5 rings (SSSR count). The van der Waals surface area contributed by atoms with E-state index in [-0.39, 0.29) is 23.9 Å². The van der Waals surface area contributed by atoms with Gasteiger partial charge in [-0.2, -0.15) is 0 Å². The SMILES string of the molecule is CC1=CC2C(=C(N3CCN(C(=O)C(O)c4ccc(F)cc4)CC3)N(C)C(c3ccccc3O)N2C)C=C1. The standard InChI is InChI=1S/C29H33FN4O3/c1-19-8-13-22-24(18-19)31(2)27(23-6-4-5-7-25(23)35)32(3)28(22)33-14-16-34(17-15-33)29(37)26(36)20-9-11-21(30)12-10-20/h4-13,18,24,26-27,35-36H,14-17H2,1-3H3. The van der Waals surface area contributed by atoms with E-state index in [1.165, 1.54) is 35.4 Å². The number of aromatic hydroxyl groups is 1. The lowest BCUT2D eigenvalue weighted by Crippen LogP contribution is -2.56. The Hall–Kier alpha value is -3.62. The first-order valence-corrected chi connectivity index (χ1v) is 12.6. The van der Waals surface area contributed by atoms with E-state index in [1.54, 1.807) is 11.0 Å². The molecule has 1 amide bonds. The fourth-order valence-corrected chi connectivity index (χ4v) is 5.64. The number of rotatable bonds is 4. The molecule has 194 valence electrons. The first-order chi connectivity index (χ1) is 17.8. The number of halogens is 1. The van der Waals surface area contributed by atoms with E-state index < -0.39 is 11.9 Å². The van der Waals surface area contributed by atoms with E-state index in [0.29, 0.717) is 31.7 Å². The molecule has 2 heterocycles. The minimum absolute atomic E-state index is 0.0424. The summed E-state index contributed by atoms with van der Waals surface area (Å²) >= 11 is 0. The Labute approximate surface area is 217 Å². The number of likely N-dealkylation sites (N-methyl/N-ethyl adjacent to an activating group) is 1. The van der Waals surface area contributed by atoms with Gasteiger partial charge in [0.25, 0.3) is 5.91 Å². The fraction of sp³-hybridized carbons (Fsp3) is 0.345. The molecule has 8 heteroatoms. The van der Waals surface area contributed by atoms with Gasteiger partial charge >= 0.3 is 0 Å². The van der Waals surface area contributed by atoms with E-state index in [2.05, 4.69) is 46.9 Å². The molecule has 1 fully saturated rings. The van der Waals surface area contributed by atoms with Crippen LogP contribution in [0.3, 0.4) is 0 Å². The topological polar surface area (TPSA) is 70.5 Å². The van der Waals surface area contributed by atoms with Crippen LogP contribution in [-0.2, 0) is 4.79 Å². The fourth-order valence-electron chi connectivity index (χ4n) is 5.64. The molecule has 2 N–H and O–H groups in total. The minimum atomic E-state index is -1.32. The second-order valence-electron chi connectivity index (χ2n) is 9.94. The highest BCUT2D eigenvalue weighted by molar-refractivity contribution is 5.82. The van der Waals surface area contributed by atoms with Crippen molar-refractivity contribution in [2.45, 2.75) is 25.2 Å². The highest BCUT2D eigenvalue weighted by Crippen LogP contribution is 2.42. The number of hydrogen-bond donors (Lipinski definition) is 2. The maximum atomic E-state index is 13.3. The van der Waals surface area contributed by atoms with Crippen molar-refractivity contribution in [2.24, 2.45) is 0 Å². The monoisotopic (exact) mass is 504 g/mol. The van der Waals surface area contributed by atoms with E-state index in [4.69, 9.17) is 0 Å². The molecule has 1 aliphatic carbocycles. The van der Waals surface area contributed by atoms with Crippen LogP contribution < -0.4 is 0 Å². The average molecular weight is 505 g/mol. The molecule has 0 saturated carbocycles. The second-order valence-corrected chi connectivity index (χ2v) is 9.94. The normalized spacial score (nSPS) is 23.2. The van der Waals surface area contributed by atoms with Gasteiger partial charge in [-0.15, -0.1) is 0 Å². The molecule has 3 aliphatic rings. The number of nitrogens with zero attached hydrogens (tertiary/aromatic N) is 4. The van der Waals surface area contributed by atoms with Gasteiger partial charge in [0.15, 0.2) is 6.10 Å². The van der Waals surface area contributed by atoms with Crippen LogP contribution in [0.2, 0.25) is 0 Å². The van der Waals surface area contributed by atoms with Crippen LogP contribution in [0.5, 0.6) is 5.75 Å². The summed E-state index contributed by atoms with van der Waals surface area (Å²) in [6.07, 6.45) is 5.03. The van der Waals surface area contributed by atoms with Crippen LogP contribution in [0.25, 0.3) is 0 Å². The molecule has 2 aromatic rings. The second kappa shape index (κ2) is 10.0. The van der Waals surface area contributed by atoms with E-state index in [0.717, 1.165) is 11.4 Å². The highest BCUT2D eigenvalue weighted by atomic mass is 19.1. The van der Waals surface area contributed by atoms with Crippen molar-refractivity contribution in [3.05, 3.63) is 101 Å². The van der Waals surface area contributed by atoms with Gasteiger partial charge in [0.05, 0.1) is 6.04 Å². The van der Waals surface area contributed by atoms with Crippen molar-refractivity contribution in [2.75, 3.05) is 40.3 Å². The number of piperazine rings is 1. The predicted octanol–water partition coefficient (Wildman–Crippen LogP) is 3.38. The van der Waals surface area contributed by atoms with Gasteiger partial charge in [-0.1, -0.05) is 54.1 Å². The minimum Gasteiger partial charge on any atom is -0.508 e. The molecule has 1 saturated heterocycles. The summed E-state index contributed by atoms with van der Waals surface area (Å²) in [6.45, 7) is 4.21. The first kappa shape index (κ1) is 25.0. The van der Waals surface area contributed by atoms with E-state index >= 15 is 0 Å². The summed E-state index contributed by atoms with van der Waals surface area (Å²) in [5.74, 6) is 0.548. The summed E-state index contributed by atoms with van der Waals surface area (Å²) in [7, 11) is 4.12. The molecule has 37 heavy (non-hydrogen) atoms. The Morgan fingerprint density at radius 3 is 2.35 bits per heavy atom. The zero-order valence-corrected chi connectivity index (χ0v) is 21.4. The number of aliphatic hydroxyl groups excluding tert-OH is 1. The van der Waals surface area contributed by atoms with Gasteiger partial charge in [-0.3, -0.25) is 9.69 Å². The van der Waals surface area contributed by atoms with Crippen LogP contribution >= 0.6 is 0 Å². The largest absolute Gasteiger partial charge is 0.508 e. The number of benzene rings is 2. The zero-order chi connectivity index (χ0) is 26.3. The lowest BCUT2D eigenvalue weighted by molar-refractivity contribution is -0.142. The number of phenols is 1. The van der Waals surface area contributed by atoms with Crippen molar-refractivity contribution in [3.8, 4) is 5.75 Å². The maximum Gasteiger partial charge on any atom is 0.256 e. The van der Waals surface area contributed by atoms with E-state index in [9.17, 15) is 19.4 Å². The number of amides is 1. The van der Waals surface area contributed by atoms with Gasteiger partial charge < -0.3 is 24.9 Å². The van der Waals surface area contributed by atoms with Gasteiger partial charge in [0.2, 0.25) is 0 Å². The number of carbonyl (C=O) groups is 1. The van der Waals surface area contributed by atoms with Crippen molar-refractivity contribution in [3.63, 3.8) is 0 Å². The van der Waals surface area contributed by atoms with Crippen molar-refractivity contribution in [1.82, 2.24) is 19.6 Å². The Morgan fingerprint density at radius 2 is 1.68 bits per heavy atom. The maximum absolute atomic E-state index is 13.3. The average Bonchev–Trinajstić information content (AvgIpc) is 2.90. The molecule has 3 atom stereocenters. The Morgan fingerprint density at radius 1 is 1.00 bits per heavy atom. The summed E-state index contributed by atoms with van der Waals surface area (Å²) in [5.41, 5.74) is 3.58. The van der Waals surface area contributed by atoms with Crippen LogP contribution in [0, 0.1) is 5.82 Å². The molecule has 0 radical (unpaired) electrons. The third-order valence-electron chi connectivity index (χ3n) is 7.57. The third-order valence-corrected chi connectivity index (χ3v) is 7.57. The van der Waals surface area contributed by atoms with Crippen LogP contribution in [0.1, 0.15) is 30.3 Å². The molecule has 2 aromatic carbocycles. The number of hydrogen-bond acceptors (Lipinski definition) is 6. The first-order valence-electron chi connectivity index (χ1n) is 12.6. The van der Waals surface area contributed by atoms with Gasteiger partial charge in [-0.05, 0) is 37.7 Å². The number of phenolic OH excluding ortho intramolecular Hbond substituents is 1. The number of para-hydroxylation sites is 1. The molecule has 0 aromatic heterocycles. The highest BCUT2D eigenvalue weighted by Gasteiger charge is 2.41. The summed E-state index contributed by atoms with van der Waals surface area (Å²) in [6, 6.07) is 12.9. The zero-order valence-electron chi connectivity index (χ0n) is 21.4. The van der Waals surface area contributed by atoms with Crippen molar-refractivity contribution >= 4 is 5.91 Å². The number of fused-ring (bicyclic) bond motifs is 1. The molecule has 7 nitrogen and oxygen atoms in total. The molecule has 2 aliphatic heterocycles. The Balaban J connectivity index is 1.39. The molecular formula is C29H33FN4O3. The van der Waals surface area contributed by atoms with Crippen LogP contribution in [-0.4, -0.2) is 82.0 Å². The Kier molecular flexibility index (Phi) is 6.79.